The van der Waals surface area contributed by atoms with Crippen LogP contribution >= 0.6 is 0 Å². The second-order valence-corrected chi connectivity index (χ2v) is 6.21. The Morgan fingerprint density at radius 2 is 2.06 bits per heavy atom. The summed E-state index contributed by atoms with van der Waals surface area (Å²) in [6.07, 6.45) is 1.21. The highest BCUT2D eigenvalue weighted by molar-refractivity contribution is 4.91. The van der Waals surface area contributed by atoms with E-state index in [-0.39, 0.29) is 5.54 Å². The first-order chi connectivity index (χ1) is 8.44. The predicted molar refractivity (Wildman–Crippen MR) is 77.1 cm³/mol. The molecule has 0 aromatic carbocycles. The minimum absolute atomic E-state index is 0.231. The van der Waals surface area contributed by atoms with Gasteiger partial charge in [0.2, 0.25) is 0 Å². The van der Waals surface area contributed by atoms with Gasteiger partial charge in [0.25, 0.3) is 0 Å². The molecule has 0 bridgehead atoms. The predicted octanol–water partition coefficient (Wildman–Crippen LogP) is 1.03. The van der Waals surface area contributed by atoms with Gasteiger partial charge in [-0.05, 0) is 34.4 Å². The van der Waals surface area contributed by atoms with E-state index in [0.717, 1.165) is 39.4 Å². The number of hydrogen-bond donors (Lipinski definition) is 1. The van der Waals surface area contributed by atoms with Gasteiger partial charge in [-0.25, -0.2) is 0 Å². The van der Waals surface area contributed by atoms with Crippen LogP contribution in [-0.4, -0.2) is 74.9 Å². The van der Waals surface area contributed by atoms with Crippen molar-refractivity contribution in [3.63, 3.8) is 0 Å². The summed E-state index contributed by atoms with van der Waals surface area (Å²) in [5.74, 6) is 0. The van der Waals surface area contributed by atoms with Crippen LogP contribution in [0.3, 0.4) is 0 Å². The largest absolute Gasteiger partial charge is 0.379 e. The van der Waals surface area contributed by atoms with E-state index in [1.54, 1.807) is 0 Å². The van der Waals surface area contributed by atoms with E-state index in [1.807, 2.05) is 0 Å². The maximum Gasteiger partial charge on any atom is 0.0594 e. The first-order valence-electron chi connectivity index (χ1n) is 7.16. The molecule has 0 saturated carbocycles. The number of nitrogens with zero attached hydrogens (tertiary/aromatic N) is 2. The summed E-state index contributed by atoms with van der Waals surface area (Å²) in [6.45, 7) is 12.8. The van der Waals surface area contributed by atoms with E-state index in [4.69, 9.17) is 4.74 Å². The van der Waals surface area contributed by atoms with Gasteiger partial charge in [0.1, 0.15) is 0 Å². The Kier molecular flexibility index (Phi) is 6.57. The van der Waals surface area contributed by atoms with Gasteiger partial charge in [0.15, 0.2) is 0 Å². The summed E-state index contributed by atoms with van der Waals surface area (Å²) in [5.41, 5.74) is 0.231. The van der Waals surface area contributed by atoms with E-state index in [2.05, 4.69) is 50.0 Å². The van der Waals surface area contributed by atoms with Crippen molar-refractivity contribution in [1.29, 1.82) is 0 Å². The van der Waals surface area contributed by atoms with E-state index >= 15 is 0 Å². The van der Waals surface area contributed by atoms with Crippen molar-refractivity contribution >= 4 is 0 Å². The molecule has 1 aliphatic heterocycles. The van der Waals surface area contributed by atoms with Gasteiger partial charge >= 0.3 is 0 Å². The summed E-state index contributed by atoms with van der Waals surface area (Å²) >= 11 is 0. The monoisotopic (exact) mass is 257 g/mol. The summed E-state index contributed by atoms with van der Waals surface area (Å²) in [5, 5.41) is 3.62. The SMILES string of the molecule is CCC1CNC(C)(C)CN1CCOCCN(C)C. The van der Waals surface area contributed by atoms with Crippen molar-refractivity contribution in [1.82, 2.24) is 15.1 Å². The number of rotatable bonds is 7. The summed E-state index contributed by atoms with van der Waals surface area (Å²) in [6, 6.07) is 0.662. The molecule has 1 aliphatic rings. The number of nitrogens with one attached hydrogen (secondary N) is 1. The van der Waals surface area contributed by atoms with Crippen LogP contribution in [0.25, 0.3) is 0 Å². The fraction of sp³-hybridized carbons (Fsp3) is 1.00. The van der Waals surface area contributed by atoms with Gasteiger partial charge in [0.05, 0.1) is 13.2 Å². The van der Waals surface area contributed by atoms with Crippen LogP contribution in [0.5, 0.6) is 0 Å². The molecule has 0 spiro atoms. The van der Waals surface area contributed by atoms with Gasteiger partial charge in [0, 0.05) is 37.8 Å². The van der Waals surface area contributed by atoms with E-state index in [0.29, 0.717) is 6.04 Å². The number of likely N-dealkylation sites (N-methyl/N-ethyl adjacent to an activating group) is 1. The molecule has 1 fully saturated rings. The van der Waals surface area contributed by atoms with Crippen LogP contribution in [0.1, 0.15) is 27.2 Å². The molecule has 1 N–H and O–H groups in total. The van der Waals surface area contributed by atoms with Crippen molar-refractivity contribution in [2.24, 2.45) is 0 Å². The summed E-state index contributed by atoms with van der Waals surface area (Å²) in [4.78, 5) is 4.73. The molecule has 1 rings (SSSR count). The van der Waals surface area contributed by atoms with Crippen molar-refractivity contribution in [3.05, 3.63) is 0 Å². The fourth-order valence-corrected chi connectivity index (χ4v) is 2.41. The molecule has 1 unspecified atom stereocenters. The lowest BCUT2D eigenvalue weighted by atomic mass is 9.98. The zero-order chi connectivity index (χ0) is 13.6. The molecule has 1 saturated heterocycles. The van der Waals surface area contributed by atoms with Crippen molar-refractivity contribution in [3.8, 4) is 0 Å². The van der Waals surface area contributed by atoms with E-state index in [9.17, 15) is 0 Å². The van der Waals surface area contributed by atoms with E-state index < -0.39 is 0 Å². The Hall–Kier alpha value is -0.160. The normalized spacial score (nSPS) is 24.7. The lowest BCUT2D eigenvalue weighted by Gasteiger charge is -2.44. The maximum atomic E-state index is 5.70. The quantitative estimate of drug-likeness (QED) is 0.689. The highest BCUT2D eigenvalue weighted by atomic mass is 16.5. The molecule has 0 aromatic rings. The molecule has 18 heavy (non-hydrogen) atoms. The Balaban J connectivity index is 2.24. The molecule has 0 amide bonds. The Morgan fingerprint density at radius 1 is 1.33 bits per heavy atom. The Morgan fingerprint density at radius 3 is 2.67 bits per heavy atom. The second-order valence-electron chi connectivity index (χ2n) is 6.21. The average molecular weight is 257 g/mol. The summed E-state index contributed by atoms with van der Waals surface area (Å²) in [7, 11) is 4.16. The summed E-state index contributed by atoms with van der Waals surface area (Å²) < 4.78 is 5.70. The molecule has 0 aromatic heterocycles. The topological polar surface area (TPSA) is 27.7 Å². The third-order valence-corrected chi connectivity index (χ3v) is 3.61. The molecule has 4 heteroatoms. The second kappa shape index (κ2) is 7.43. The highest BCUT2D eigenvalue weighted by Crippen LogP contribution is 2.16. The third kappa shape index (κ3) is 5.65. The van der Waals surface area contributed by atoms with Crippen LogP contribution in [-0.2, 0) is 4.74 Å². The van der Waals surface area contributed by atoms with Gasteiger partial charge in [-0.15, -0.1) is 0 Å². The van der Waals surface area contributed by atoms with Crippen molar-refractivity contribution in [2.45, 2.75) is 38.8 Å². The van der Waals surface area contributed by atoms with Crippen LogP contribution in [0.4, 0.5) is 0 Å². The number of piperazine rings is 1. The first-order valence-corrected chi connectivity index (χ1v) is 7.16. The number of ether oxygens (including phenoxy) is 1. The Bertz CT molecular complexity index is 231. The molecule has 0 radical (unpaired) electrons. The fourth-order valence-electron chi connectivity index (χ4n) is 2.41. The van der Waals surface area contributed by atoms with Gasteiger partial charge in [-0.2, -0.15) is 0 Å². The van der Waals surface area contributed by atoms with Crippen LogP contribution in [0.15, 0.2) is 0 Å². The lowest BCUT2D eigenvalue weighted by Crippen LogP contribution is -2.61. The molecule has 1 atom stereocenters. The van der Waals surface area contributed by atoms with Crippen molar-refractivity contribution in [2.75, 3.05) is 53.5 Å². The van der Waals surface area contributed by atoms with Gasteiger partial charge in [-0.3, -0.25) is 4.90 Å². The minimum Gasteiger partial charge on any atom is -0.379 e. The lowest BCUT2D eigenvalue weighted by molar-refractivity contribution is 0.0444. The smallest absolute Gasteiger partial charge is 0.0594 e. The Labute approximate surface area is 113 Å². The van der Waals surface area contributed by atoms with Gasteiger partial charge < -0.3 is 15.0 Å². The third-order valence-electron chi connectivity index (χ3n) is 3.61. The van der Waals surface area contributed by atoms with Crippen LogP contribution in [0, 0.1) is 0 Å². The zero-order valence-corrected chi connectivity index (χ0v) is 12.8. The molecular formula is C14H31N3O. The highest BCUT2D eigenvalue weighted by Gasteiger charge is 2.30. The molecule has 0 aliphatic carbocycles. The molecule has 4 nitrogen and oxygen atoms in total. The first kappa shape index (κ1) is 15.9. The molecule has 1 heterocycles. The average Bonchev–Trinajstić information content (AvgIpc) is 2.27. The number of hydrogen-bond acceptors (Lipinski definition) is 4. The minimum atomic E-state index is 0.231. The zero-order valence-electron chi connectivity index (χ0n) is 12.8. The van der Waals surface area contributed by atoms with E-state index in [1.165, 1.54) is 6.42 Å². The van der Waals surface area contributed by atoms with Crippen LogP contribution in [0.2, 0.25) is 0 Å². The standard InChI is InChI=1S/C14H31N3O/c1-6-13-11-15-14(2,3)12-17(13)8-10-18-9-7-16(4)5/h13,15H,6-12H2,1-5H3. The van der Waals surface area contributed by atoms with Gasteiger partial charge in [-0.1, -0.05) is 6.92 Å². The molecular weight excluding hydrogens is 226 g/mol. The van der Waals surface area contributed by atoms with Crippen molar-refractivity contribution < 1.29 is 4.74 Å². The molecule has 108 valence electrons. The van der Waals surface area contributed by atoms with Crippen LogP contribution < -0.4 is 5.32 Å². The maximum absolute atomic E-state index is 5.70.